The molecule has 3 rings (SSSR count). The Labute approximate surface area is 111 Å². The molecule has 0 aliphatic carbocycles. The Balaban J connectivity index is 2.40. The molecule has 0 unspecified atom stereocenters. The van der Waals surface area contributed by atoms with E-state index in [-0.39, 0.29) is 22.2 Å². The number of nitrogens with zero attached hydrogens (tertiary/aromatic N) is 1. The molecule has 2 heterocycles. The van der Waals surface area contributed by atoms with E-state index in [9.17, 15) is 18.7 Å². The van der Waals surface area contributed by atoms with Gasteiger partial charge in [-0.05, 0) is 24.3 Å². The van der Waals surface area contributed by atoms with Crippen LogP contribution in [0.3, 0.4) is 0 Å². The summed E-state index contributed by atoms with van der Waals surface area (Å²) in [5, 5.41) is 9.09. The smallest absolute Gasteiger partial charge is 0.336 e. The van der Waals surface area contributed by atoms with Gasteiger partial charge in [-0.15, -0.1) is 0 Å². The van der Waals surface area contributed by atoms with Crippen LogP contribution in [-0.4, -0.2) is 16.1 Å². The van der Waals surface area contributed by atoms with E-state index in [0.717, 1.165) is 6.07 Å². The summed E-state index contributed by atoms with van der Waals surface area (Å²) < 4.78 is 32.1. The molecule has 0 aliphatic heterocycles. The van der Waals surface area contributed by atoms with Crippen molar-refractivity contribution in [3.05, 3.63) is 53.8 Å². The van der Waals surface area contributed by atoms with Crippen molar-refractivity contribution in [1.29, 1.82) is 0 Å². The van der Waals surface area contributed by atoms with Crippen LogP contribution in [0.2, 0.25) is 0 Å². The molecule has 20 heavy (non-hydrogen) atoms. The van der Waals surface area contributed by atoms with Gasteiger partial charge in [0.25, 0.3) is 0 Å². The zero-order valence-electron chi connectivity index (χ0n) is 9.93. The van der Waals surface area contributed by atoms with Crippen molar-refractivity contribution in [3.8, 4) is 11.5 Å². The number of carboxylic acid groups (broad SMARTS) is 1. The lowest BCUT2D eigenvalue weighted by Crippen LogP contribution is -2.02. The van der Waals surface area contributed by atoms with Gasteiger partial charge in [-0.25, -0.2) is 18.6 Å². The van der Waals surface area contributed by atoms with Crippen molar-refractivity contribution in [1.82, 2.24) is 4.98 Å². The summed E-state index contributed by atoms with van der Waals surface area (Å²) in [5.74, 6) is -2.77. The lowest BCUT2D eigenvalue weighted by atomic mass is 10.1. The molecular formula is C14H7F2NO3. The lowest BCUT2D eigenvalue weighted by Gasteiger charge is -2.06. The maximum atomic E-state index is 13.8. The minimum atomic E-state index is -1.30. The maximum Gasteiger partial charge on any atom is 0.336 e. The largest absolute Gasteiger partial charge is 0.478 e. The average molecular weight is 275 g/mol. The number of hydrogen-bond acceptors (Lipinski definition) is 3. The van der Waals surface area contributed by atoms with Gasteiger partial charge < -0.3 is 9.52 Å². The second kappa shape index (κ2) is 4.41. The third-order valence-electron chi connectivity index (χ3n) is 2.84. The fraction of sp³-hybridized carbons (Fsp3) is 0. The Hall–Kier alpha value is -2.76. The topological polar surface area (TPSA) is 63.3 Å². The second-order valence-corrected chi connectivity index (χ2v) is 4.12. The lowest BCUT2D eigenvalue weighted by molar-refractivity contribution is 0.0699. The van der Waals surface area contributed by atoms with Gasteiger partial charge in [0, 0.05) is 11.5 Å². The minimum Gasteiger partial charge on any atom is -0.478 e. The number of benzene rings is 1. The molecule has 3 aromatic rings. The Morgan fingerprint density at radius 1 is 1.25 bits per heavy atom. The third kappa shape index (κ3) is 1.91. The minimum absolute atomic E-state index is 0.0923. The first kappa shape index (κ1) is 12.3. The third-order valence-corrected chi connectivity index (χ3v) is 2.84. The summed E-state index contributed by atoms with van der Waals surface area (Å²) in [7, 11) is 0. The number of pyridine rings is 1. The first-order valence-electron chi connectivity index (χ1n) is 5.63. The molecule has 1 aromatic carbocycles. The molecule has 6 heteroatoms. The Morgan fingerprint density at radius 2 is 2.05 bits per heavy atom. The zero-order valence-corrected chi connectivity index (χ0v) is 9.93. The first-order chi connectivity index (χ1) is 9.56. The molecule has 0 saturated heterocycles. The number of aromatic carboxylic acids is 1. The van der Waals surface area contributed by atoms with Gasteiger partial charge in [0.05, 0.1) is 11.8 Å². The summed E-state index contributed by atoms with van der Waals surface area (Å²) in [5.41, 5.74) is -0.275. The number of furan rings is 1. The fourth-order valence-electron chi connectivity index (χ4n) is 1.98. The number of rotatable bonds is 2. The molecular weight excluding hydrogens is 268 g/mol. The molecule has 1 N–H and O–H groups in total. The van der Waals surface area contributed by atoms with Crippen LogP contribution in [0.5, 0.6) is 0 Å². The van der Waals surface area contributed by atoms with Gasteiger partial charge in [-0.2, -0.15) is 0 Å². The highest BCUT2D eigenvalue weighted by Crippen LogP contribution is 2.27. The molecule has 0 fully saturated rings. The van der Waals surface area contributed by atoms with E-state index < -0.39 is 17.6 Å². The van der Waals surface area contributed by atoms with Gasteiger partial charge >= 0.3 is 5.97 Å². The van der Waals surface area contributed by atoms with Crippen LogP contribution in [-0.2, 0) is 0 Å². The van der Waals surface area contributed by atoms with Crippen LogP contribution < -0.4 is 0 Å². The maximum absolute atomic E-state index is 13.8. The van der Waals surface area contributed by atoms with E-state index in [0.29, 0.717) is 11.8 Å². The average Bonchev–Trinajstić information content (AvgIpc) is 2.91. The van der Waals surface area contributed by atoms with Crippen molar-refractivity contribution in [2.45, 2.75) is 0 Å². The van der Waals surface area contributed by atoms with Crippen LogP contribution in [0.25, 0.3) is 22.4 Å². The quantitative estimate of drug-likeness (QED) is 0.777. The van der Waals surface area contributed by atoms with Gasteiger partial charge in [0.2, 0.25) is 0 Å². The summed E-state index contributed by atoms with van der Waals surface area (Å²) >= 11 is 0. The molecule has 100 valence electrons. The standard InChI is InChI=1S/C14H7F2NO3/c15-7-4-8-9(14(18)19)6-11(12-2-1-3-20-12)17-13(8)10(16)5-7/h1-6H,(H,18,19). The van der Waals surface area contributed by atoms with Crippen molar-refractivity contribution in [3.63, 3.8) is 0 Å². The van der Waals surface area contributed by atoms with Gasteiger partial charge in [-0.3, -0.25) is 0 Å². The van der Waals surface area contributed by atoms with E-state index in [2.05, 4.69) is 4.98 Å². The Bertz CT molecular complexity index is 813. The highest BCUT2D eigenvalue weighted by atomic mass is 19.1. The fourth-order valence-corrected chi connectivity index (χ4v) is 1.98. The van der Waals surface area contributed by atoms with Crippen LogP contribution >= 0.6 is 0 Å². The SMILES string of the molecule is O=C(O)c1cc(-c2ccco2)nc2c(F)cc(F)cc12. The number of carbonyl (C=O) groups is 1. The normalized spacial score (nSPS) is 10.9. The van der Waals surface area contributed by atoms with Crippen LogP contribution in [0.1, 0.15) is 10.4 Å². The molecule has 0 atom stereocenters. The highest BCUT2D eigenvalue weighted by molar-refractivity contribution is 6.03. The van der Waals surface area contributed by atoms with E-state index in [4.69, 9.17) is 4.42 Å². The van der Waals surface area contributed by atoms with E-state index in [1.807, 2.05) is 0 Å². The summed E-state index contributed by atoms with van der Waals surface area (Å²) in [6.07, 6.45) is 1.39. The highest BCUT2D eigenvalue weighted by Gasteiger charge is 2.17. The first-order valence-corrected chi connectivity index (χ1v) is 5.63. The molecule has 0 saturated carbocycles. The Kier molecular flexibility index (Phi) is 2.71. The van der Waals surface area contributed by atoms with Crippen LogP contribution in [0, 0.1) is 11.6 Å². The van der Waals surface area contributed by atoms with E-state index >= 15 is 0 Å². The van der Waals surface area contributed by atoms with Gasteiger partial charge in [0.1, 0.15) is 17.0 Å². The summed E-state index contributed by atoms with van der Waals surface area (Å²) in [6, 6.07) is 6.00. The molecule has 0 spiro atoms. The van der Waals surface area contributed by atoms with Crippen molar-refractivity contribution >= 4 is 16.9 Å². The second-order valence-electron chi connectivity index (χ2n) is 4.12. The predicted molar refractivity (Wildman–Crippen MR) is 66.3 cm³/mol. The number of aromatic nitrogens is 1. The molecule has 2 aromatic heterocycles. The summed E-state index contributed by atoms with van der Waals surface area (Å²) in [4.78, 5) is 15.3. The molecule has 0 bridgehead atoms. The summed E-state index contributed by atoms with van der Waals surface area (Å²) in [6.45, 7) is 0. The van der Waals surface area contributed by atoms with E-state index in [1.54, 1.807) is 12.1 Å². The number of hydrogen-bond donors (Lipinski definition) is 1. The predicted octanol–water partition coefficient (Wildman–Crippen LogP) is 3.47. The van der Waals surface area contributed by atoms with Crippen molar-refractivity contribution in [2.24, 2.45) is 0 Å². The van der Waals surface area contributed by atoms with Gasteiger partial charge in [-0.1, -0.05) is 0 Å². The molecule has 0 amide bonds. The zero-order chi connectivity index (χ0) is 14.3. The van der Waals surface area contributed by atoms with Crippen molar-refractivity contribution < 1.29 is 23.1 Å². The molecule has 0 radical (unpaired) electrons. The number of halogens is 2. The molecule has 0 aliphatic rings. The van der Waals surface area contributed by atoms with Gasteiger partial charge in [0.15, 0.2) is 11.6 Å². The van der Waals surface area contributed by atoms with E-state index in [1.165, 1.54) is 12.3 Å². The van der Waals surface area contributed by atoms with Crippen LogP contribution in [0.15, 0.2) is 41.0 Å². The monoisotopic (exact) mass is 275 g/mol. The van der Waals surface area contributed by atoms with Crippen molar-refractivity contribution in [2.75, 3.05) is 0 Å². The Morgan fingerprint density at radius 3 is 2.70 bits per heavy atom. The van der Waals surface area contributed by atoms with Crippen LogP contribution in [0.4, 0.5) is 8.78 Å². The molecule has 4 nitrogen and oxygen atoms in total. The number of fused-ring (bicyclic) bond motifs is 1. The number of carboxylic acids is 1.